The summed E-state index contributed by atoms with van der Waals surface area (Å²) in [6.45, 7) is 1.91. The molecule has 1 aliphatic rings. The maximum Gasteiger partial charge on any atom is 0.295 e. The monoisotopic (exact) mass is 300 g/mol. The Hall–Kier alpha value is -3.14. The third-order valence-electron chi connectivity index (χ3n) is 4.61. The average Bonchev–Trinajstić information content (AvgIpc) is 2.90. The molecule has 0 fully saturated rings. The Labute approximate surface area is 131 Å². The number of nitrogens with zero attached hydrogens (tertiary/aromatic N) is 2. The Morgan fingerprint density at radius 1 is 1.00 bits per heavy atom. The summed E-state index contributed by atoms with van der Waals surface area (Å²) in [4.78, 5) is 13.0. The molecule has 0 unspecified atom stereocenters. The van der Waals surface area contributed by atoms with Gasteiger partial charge in [-0.15, -0.1) is 0 Å². The minimum absolute atomic E-state index is 0.397. The van der Waals surface area contributed by atoms with Gasteiger partial charge in [-0.3, -0.25) is 0 Å². The fourth-order valence-corrected chi connectivity index (χ4v) is 3.61. The van der Waals surface area contributed by atoms with Crippen LogP contribution in [0, 0.1) is 17.0 Å². The second kappa shape index (κ2) is 3.98. The zero-order valence-corrected chi connectivity index (χ0v) is 12.4. The summed E-state index contributed by atoms with van der Waals surface area (Å²) in [7, 11) is 0. The van der Waals surface area contributed by atoms with Gasteiger partial charge in [0.2, 0.25) is 0 Å². The molecular weight excluding hydrogens is 288 g/mol. The van der Waals surface area contributed by atoms with E-state index in [2.05, 4.69) is 0 Å². The fraction of sp³-hybridized carbons (Fsp3) is 0.0526. The highest BCUT2D eigenvalue weighted by Crippen LogP contribution is 2.45. The molecule has 0 spiro atoms. The lowest BCUT2D eigenvalue weighted by molar-refractivity contribution is -0.450. The van der Waals surface area contributed by atoms with Crippen LogP contribution >= 0.6 is 0 Å². The summed E-state index contributed by atoms with van der Waals surface area (Å²) >= 11 is 0. The van der Waals surface area contributed by atoms with E-state index < -0.39 is 0 Å². The molecule has 0 aliphatic heterocycles. The third-order valence-corrected chi connectivity index (χ3v) is 4.61. The average molecular weight is 300 g/mol. The third kappa shape index (κ3) is 1.40. The second-order valence-electron chi connectivity index (χ2n) is 5.99. The van der Waals surface area contributed by atoms with Gasteiger partial charge in [-0.2, -0.15) is 0 Å². The van der Waals surface area contributed by atoms with E-state index in [1.54, 1.807) is 12.1 Å². The van der Waals surface area contributed by atoms with Crippen LogP contribution in [0.25, 0.3) is 44.3 Å². The van der Waals surface area contributed by atoms with E-state index in [1.807, 2.05) is 49.4 Å². The topological polar surface area (TPSA) is 51.0 Å². The first-order chi connectivity index (χ1) is 11.2. The molecule has 23 heavy (non-hydrogen) atoms. The normalized spacial score (nSPS) is 12.0. The van der Waals surface area contributed by atoms with E-state index in [1.165, 1.54) is 0 Å². The quantitative estimate of drug-likeness (QED) is 0.406. The minimum Gasteiger partial charge on any atom is -0.805 e. The van der Waals surface area contributed by atoms with Crippen LogP contribution in [0.3, 0.4) is 0 Å². The molecule has 1 aromatic heterocycles. The van der Waals surface area contributed by atoms with E-state index in [4.69, 9.17) is 0 Å². The summed E-state index contributed by atoms with van der Waals surface area (Å²) < 4.78 is 1.80. The van der Waals surface area contributed by atoms with Crippen LogP contribution in [0.5, 0.6) is 0 Å². The highest BCUT2D eigenvalue weighted by Gasteiger charge is 2.33. The fourth-order valence-electron chi connectivity index (χ4n) is 3.61. The minimum atomic E-state index is 0.397. The van der Waals surface area contributed by atoms with E-state index in [-0.39, 0.29) is 0 Å². The summed E-state index contributed by atoms with van der Waals surface area (Å²) in [5.41, 5.74) is 4.31. The van der Waals surface area contributed by atoms with Gasteiger partial charge < -0.3 is 9.94 Å². The first-order valence-corrected chi connectivity index (χ1v) is 7.49. The molecule has 5 rings (SSSR count). The molecule has 0 N–H and O–H groups in total. The molecule has 0 radical (unpaired) electrons. The van der Waals surface area contributed by atoms with Crippen LogP contribution in [0.2, 0.25) is 0 Å². The van der Waals surface area contributed by atoms with Crippen molar-refractivity contribution in [2.75, 3.05) is 0 Å². The number of fused-ring (bicyclic) bond motifs is 4. The molecule has 0 saturated carbocycles. The van der Waals surface area contributed by atoms with Crippen molar-refractivity contribution in [1.29, 1.82) is 0 Å². The van der Waals surface area contributed by atoms with Crippen molar-refractivity contribution < 1.29 is 4.43 Å². The van der Waals surface area contributed by atoms with Crippen molar-refractivity contribution in [1.82, 2.24) is 4.73 Å². The highest BCUT2D eigenvalue weighted by molar-refractivity contribution is 6.13. The van der Waals surface area contributed by atoms with Crippen LogP contribution < -0.4 is 4.43 Å². The lowest BCUT2D eigenvalue weighted by Crippen LogP contribution is -2.22. The first kappa shape index (κ1) is 12.4. The predicted octanol–water partition coefficient (Wildman–Crippen LogP) is 4.01. The molecule has 0 saturated heterocycles. The molecule has 3 aromatic carbocycles. The van der Waals surface area contributed by atoms with Gasteiger partial charge in [-0.25, -0.2) is 0 Å². The Balaban J connectivity index is 2.10. The maximum atomic E-state index is 13.0. The Kier molecular flexibility index (Phi) is 2.15. The lowest BCUT2D eigenvalue weighted by Gasteiger charge is -2.17. The maximum absolute atomic E-state index is 13.0. The number of rotatable bonds is 0. The molecule has 0 amide bonds. The van der Waals surface area contributed by atoms with Crippen LogP contribution in [0.15, 0.2) is 54.6 Å². The lowest BCUT2D eigenvalue weighted by atomic mass is 10.0. The molecule has 4 aromatic rings. The molecule has 1 aliphatic carbocycles. The molecule has 1 heterocycles. The Morgan fingerprint density at radius 3 is 2.52 bits per heavy atom. The van der Waals surface area contributed by atoms with E-state index in [9.17, 15) is 10.1 Å². The summed E-state index contributed by atoms with van der Waals surface area (Å²) in [5.74, 6) is 0. The molecule has 4 heteroatoms. The SMILES string of the molecule is Cc1ccc2c(c1)n([O-])c1c([n+]2=O)-c2cccc3cccc-1c23. The van der Waals surface area contributed by atoms with E-state index >= 15 is 0 Å². The van der Waals surface area contributed by atoms with Gasteiger partial charge >= 0.3 is 0 Å². The molecule has 0 bridgehead atoms. The van der Waals surface area contributed by atoms with Gasteiger partial charge in [0.25, 0.3) is 11.2 Å². The van der Waals surface area contributed by atoms with Gasteiger partial charge in [-0.05, 0) is 30.0 Å². The summed E-state index contributed by atoms with van der Waals surface area (Å²) in [6, 6.07) is 17.0. The summed E-state index contributed by atoms with van der Waals surface area (Å²) in [6.07, 6.45) is 0. The molecule has 0 atom stereocenters. The molecule has 110 valence electrons. The van der Waals surface area contributed by atoms with Gasteiger partial charge in [0.1, 0.15) is 11.2 Å². The van der Waals surface area contributed by atoms with E-state index in [0.717, 1.165) is 36.6 Å². The number of aromatic nitrogens is 2. The van der Waals surface area contributed by atoms with Crippen molar-refractivity contribution in [3.05, 3.63) is 70.3 Å². The smallest absolute Gasteiger partial charge is 0.295 e. The number of aryl methyl sites for hydroxylation is 1. The zero-order valence-electron chi connectivity index (χ0n) is 12.4. The van der Waals surface area contributed by atoms with Crippen molar-refractivity contribution >= 4 is 21.8 Å². The first-order valence-electron chi connectivity index (χ1n) is 7.49. The van der Waals surface area contributed by atoms with E-state index in [0.29, 0.717) is 22.4 Å². The molecular formula is C19H12N2O2. The van der Waals surface area contributed by atoms with Crippen LogP contribution in [-0.4, -0.2) is 4.73 Å². The predicted molar refractivity (Wildman–Crippen MR) is 90.7 cm³/mol. The largest absolute Gasteiger partial charge is 0.805 e. The van der Waals surface area contributed by atoms with Gasteiger partial charge in [0.15, 0.2) is 0 Å². The Bertz CT molecular complexity index is 1200. The highest BCUT2D eigenvalue weighted by atomic mass is 16.5. The number of hydrogen-bond donors (Lipinski definition) is 0. The zero-order chi connectivity index (χ0) is 15.7. The van der Waals surface area contributed by atoms with Crippen molar-refractivity contribution in [3.63, 3.8) is 0 Å². The summed E-state index contributed by atoms with van der Waals surface area (Å²) in [5, 5.41) is 15.0. The Morgan fingerprint density at radius 2 is 1.74 bits per heavy atom. The van der Waals surface area contributed by atoms with Gasteiger partial charge in [0.05, 0.1) is 9.99 Å². The van der Waals surface area contributed by atoms with Gasteiger partial charge in [0, 0.05) is 21.9 Å². The van der Waals surface area contributed by atoms with Crippen LogP contribution in [0.1, 0.15) is 5.56 Å². The molecule has 4 nitrogen and oxygen atoms in total. The number of hydrogen-bond acceptors (Lipinski definition) is 2. The van der Waals surface area contributed by atoms with Crippen molar-refractivity contribution in [2.24, 2.45) is 0 Å². The standard InChI is InChI=1S/C19H12N2O2/c1-11-8-9-15-16(10-11)21(23)19-14-7-3-5-12-4-2-6-13(17(12)14)18(19)20(15)22/h2-10H,1H3. The second-order valence-corrected chi connectivity index (χ2v) is 5.99. The van der Waals surface area contributed by atoms with Crippen molar-refractivity contribution in [2.45, 2.75) is 6.92 Å². The van der Waals surface area contributed by atoms with Gasteiger partial charge in [-0.1, -0.05) is 36.4 Å². The van der Waals surface area contributed by atoms with Crippen molar-refractivity contribution in [3.8, 4) is 22.5 Å². The number of benzene rings is 3. The van der Waals surface area contributed by atoms with Crippen LogP contribution in [0.4, 0.5) is 0 Å². The van der Waals surface area contributed by atoms with Crippen LogP contribution in [-0.2, 0) is 0 Å².